The Morgan fingerprint density at radius 2 is 2.50 bits per heavy atom. The first-order chi connectivity index (χ1) is 5.83. The first-order valence-electron chi connectivity index (χ1n) is 3.00. The van der Waals surface area contributed by atoms with Crippen LogP contribution in [0.4, 0.5) is 0 Å². The van der Waals surface area contributed by atoms with Crippen molar-refractivity contribution < 1.29 is 0 Å². The van der Waals surface area contributed by atoms with E-state index in [1.807, 2.05) is 12.1 Å². The molecule has 3 nitrogen and oxygen atoms in total. The zero-order valence-corrected chi connectivity index (χ0v) is 10.4. The molecule has 0 saturated carbocycles. The zero-order chi connectivity index (χ0) is 8.81. The van der Waals surface area contributed by atoms with Crippen LogP contribution in [-0.2, 0) is 0 Å². The Bertz CT molecular complexity index is 264. The quantitative estimate of drug-likeness (QED) is 0.391. The molecule has 0 atom stereocenters. The largest absolute Gasteiger partial charge is 0.254 e. The molecule has 0 fully saturated rings. The van der Waals surface area contributed by atoms with Crippen molar-refractivity contribution in [2.24, 2.45) is 5.10 Å². The third-order valence-corrected chi connectivity index (χ3v) is 2.27. The van der Waals surface area contributed by atoms with Crippen LogP contribution in [0.15, 0.2) is 27.9 Å². The highest BCUT2D eigenvalue weighted by Crippen LogP contribution is 2.06. The third kappa shape index (κ3) is 3.72. The van der Waals surface area contributed by atoms with E-state index in [4.69, 9.17) is 0 Å². The standard InChI is InChI=1S/C6H5BrIN3S/c7-5-1-2-6(9-3-5)4-10-11-12-8/h1-4,11H/b10-4+. The molecule has 0 aliphatic rings. The number of halogens is 2. The van der Waals surface area contributed by atoms with Gasteiger partial charge in [0.05, 0.1) is 11.9 Å². The molecule has 12 heavy (non-hydrogen) atoms. The molecule has 0 bridgehead atoms. The van der Waals surface area contributed by atoms with Gasteiger partial charge in [0.1, 0.15) is 0 Å². The lowest BCUT2D eigenvalue weighted by Gasteiger charge is -1.92. The highest BCUT2D eigenvalue weighted by molar-refractivity contribution is 14.2. The van der Waals surface area contributed by atoms with E-state index in [0.29, 0.717) is 0 Å². The number of hydrazone groups is 1. The number of nitrogens with one attached hydrogen (secondary N) is 1. The Kier molecular flexibility index (Phi) is 4.93. The summed E-state index contributed by atoms with van der Waals surface area (Å²) in [6.45, 7) is 0. The lowest BCUT2D eigenvalue weighted by atomic mass is 10.4. The summed E-state index contributed by atoms with van der Waals surface area (Å²) in [5.41, 5.74) is 0.830. The van der Waals surface area contributed by atoms with Crippen LogP contribution in [0.25, 0.3) is 0 Å². The number of aromatic nitrogens is 1. The molecule has 0 amide bonds. The van der Waals surface area contributed by atoms with Crippen LogP contribution in [0, 0.1) is 0 Å². The van der Waals surface area contributed by atoms with Crippen molar-refractivity contribution in [2.75, 3.05) is 0 Å². The minimum absolute atomic E-state index is 0.830. The molecular weight excluding hydrogens is 353 g/mol. The van der Waals surface area contributed by atoms with Crippen LogP contribution in [-0.4, -0.2) is 11.2 Å². The number of hydrogen-bond donors (Lipinski definition) is 1. The summed E-state index contributed by atoms with van der Waals surface area (Å²) in [5, 5.41) is 3.89. The van der Waals surface area contributed by atoms with Crippen molar-refractivity contribution >= 4 is 52.5 Å². The van der Waals surface area contributed by atoms with Crippen LogP contribution in [0.5, 0.6) is 0 Å². The predicted molar refractivity (Wildman–Crippen MR) is 64.3 cm³/mol. The van der Waals surface area contributed by atoms with E-state index in [1.165, 1.54) is 9.12 Å². The Balaban J connectivity index is 2.58. The zero-order valence-electron chi connectivity index (χ0n) is 5.87. The molecular formula is C6H5BrIN3S. The first kappa shape index (κ1) is 10.3. The minimum atomic E-state index is 0.830. The van der Waals surface area contributed by atoms with Crippen molar-refractivity contribution in [2.45, 2.75) is 0 Å². The van der Waals surface area contributed by atoms with Crippen LogP contribution in [0.2, 0.25) is 0 Å². The van der Waals surface area contributed by atoms with Gasteiger partial charge < -0.3 is 0 Å². The van der Waals surface area contributed by atoms with Crippen molar-refractivity contribution in [3.63, 3.8) is 0 Å². The molecule has 1 N–H and O–H groups in total. The summed E-state index contributed by atoms with van der Waals surface area (Å²) in [5.74, 6) is 0. The van der Waals surface area contributed by atoms with Gasteiger partial charge >= 0.3 is 0 Å². The highest BCUT2D eigenvalue weighted by atomic mass is 127. The van der Waals surface area contributed by atoms with E-state index in [-0.39, 0.29) is 0 Å². The first-order valence-corrected chi connectivity index (χ1v) is 7.15. The summed E-state index contributed by atoms with van der Waals surface area (Å²) in [4.78, 5) is 6.83. The van der Waals surface area contributed by atoms with Crippen molar-refractivity contribution in [3.8, 4) is 0 Å². The fourth-order valence-electron chi connectivity index (χ4n) is 0.576. The summed E-state index contributed by atoms with van der Waals surface area (Å²) in [6.07, 6.45) is 3.40. The molecule has 0 aliphatic carbocycles. The van der Waals surface area contributed by atoms with Crippen LogP contribution >= 0.6 is 46.3 Å². The number of rotatable bonds is 3. The van der Waals surface area contributed by atoms with Gasteiger partial charge in [-0.3, -0.25) is 4.98 Å². The molecule has 1 aromatic rings. The Morgan fingerprint density at radius 3 is 3.08 bits per heavy atom. The van der Waals surface area contributed by atoms with Gasteiger partial charge in [-0.25, -0.2) is 4.83 Å². The fraction of sp³-hybridized carbons (Fsp3) is 0. The monoisotopic (exact) mass is 357 g/mol. The topological polar surface area (TPSA) is 37.3 Å². The molecule has 1 rings (SSSR count). The van der Waals surface area contributed by atoms with E-state index in [1.54, 1.807) is 12.4 Å². The van der Waals surface area contributed by atoms with Gasteiger partial charge in [-0.15, -0.1) is 0 Å². The molecule has 64 valence electrons. The van der Waals surface area contributed by atoms with Gasteiger partial charge in [0, 0.05) is 41.0 Å². The number of hydrogen-bond acceptors (Lipinski definition) is 4. The SMILES string of the molecule is Brc1ccc(/C=N/NSI)nc1. The molecule has 0 aromatic carbocycles. The van der Waals surface area contributed by atoms with E-state index < -0.39 is 0 Å². The molecule has 0 radical (unpaired) electrons. The normalized spacial score (nSPS) is 10.5. The number of nitrogens with zero attached hydrogens (tertiary/aromatic N) is 2. The maximum absolute atomic E-state index is 4.10. The highest BCUT2D eigenvalue weighted by Gasteiger charge is 1.88. The van der Waals surface area contributed by atoms with E-state index in [2.05, 4.69) is 52.1 Å². The van der Waals surface area contributed by atoms with Gasteiger partial charge in [0.15, 0.2) is 0 Å². The van der Waals surface area contributed by atoms with Gasteiger partial charge in [0.25, 0.3) is 0 Å². The molecule has 6 heteroatoms. The van der Waals surface area contributed by atoms with Crippen LogP contribution < -0.4 is 4.83 Å². The third-order valence-electron chi connectivity index (χ3n) is 1.03. The average molecular weight is 358 g/mol. The van der Waals surface area contributed by atoms with Gasteiger partial charge in [-0.05, 0) is 28.1 Å². The molecule has 0 aliphatic heterocycles. The van der Waals surface area contributed by atoms with Crippen molar-refractivity contribution in [1.29, 1.82) is 0 Å². The van der Waals surface area contributed by atoms with E-state index in [9.17, 15) is 0 Å². The second-order valence-electron chi connectivity index (χ2n) is 1.83. The maximum atomic E-state index is 4.10. The molecule has 0 unspecified atom stereocenters. The maximum Gasteiger partial charge on any atom is 0.0831 e. The van der Waals surface area contributed by atoms with E-state index in [0.717, 1.165) is 10.2 Å². The van der Waals surface area contributed by atoms with Crippen LogP contribution in [0.1, 0.15) is 5.69 Å². The van der Waals surface area contributed by atoms with Crippen molar-refractivity contribution in [3.05, 3.63) is 28.5 Å². The Labute approximate surface area is 95.3 Å². The Hall–Kier alpha value is 0.180. The molecule has 0 saturated heterocycles. The van der Waals surface area contributed by atoms with Gasteiger partial charge in [0.2, 0.25) is 0 Å². The van der Waals surface area contributed by atoms with Gasteiger partial charge in [-0.2, -0.15) is 5.10 Å². The molecule has 0 spiro atoms. The summed E-state index contributed by atoms with van der Waals surface area (Å²) in [6, 6.07) is 3.80. The van der Waals surface area contributed by atoms with Crippen molar-refractivity contribution in [1.82, 2.24) is 9.82 Å². The lowest BCUT2D eigenvalue weighted by Crippen LogP contribution is -1.91. The Morgan fingerprint density at radius 1 is 1.67 bits per heavy atom. The average Bonchev–Trinajstić information content (AvgIpc) is 2.09. The second-order valence-corrected chi connectivity index (χ2v) is 4.40. The fourth-order valence-corrected chi connectivity index (χ4v) is 1.24. The lowest BCUT2D eigenvalue weighted by molar-refractivity contribution is 1.13. The number of pyridine rings is 1. The van der Waals surface area contributed by atoms with E-state index >= 15 is 0 Å². The summed E-state index contributed by atoms with van der Waals surface area (Å²) < 4.78 is 0.968. The molecule has 1 heterocycles. The second kappa shape index (κ2) is 5.76. The van der Waals surface area contributed by atoms with Gasteiger partial charge in [-0.1, -0.05) is 0 Å². The van der Waals surface area contributed by atoms with Crippen LogP contribution in [0.3, 0.4) is 0 Å². The smallest absolute Gasteiger partial charge is 0.0831 e. The minimum Gasteiger partial charge on any atom is -0.254 e. The summed E-state index contributed by atoms with van der Waals surface area (Å²) >= 11 is 5.40. The predicted octanol–water partition coefficient (Wildman–Crippen LogP) is 2.77. The summed E-state index contributed by atoms with van der Waals surface area (Å²) in [7, 11) is 1.41. The molecule has 1 aromatic heterocycles.